The van der Waals surface area contributed by atoms with Crippen LogP contribution >= 0.6 is 0 Å². The Morgan fingerprint density at radius 3 is 1.81 bits per heavy atom. The van der Waals surface area contributed by atoms with E-state index < -0.39 is 24.4 Å². The van der Waals surface area contributed by atoms with E-state index in [1.165, 1.54) is 24.3 Å². The van der Waals surface area contributed by atoms with E-state index in [9.17, 15) is 19.2 Å². The third-order valence-corrected chi connectivity index (χ3v) is 4.83. The molecular formula is C27H24N4O6. The van der Waals surface area contributed by atoms with Gasteiger partial charge in [0.15, 0.2) is 6.61 Å². The van der Waals surface area contributed by atoms with Gasteiger partial charge in [-0.2, -0.15) is 5.26 Å². The monoisotopic (exact) mass is 500 g/mol. The lowest BCUT2D eigenvalue weighted by Crippen LogP contribution is -2.21. The minimum Gasteiger partial charge on any atom is -0.494 e. The predicted molar refractivity (Wildman–Crippen MR) is 136 cm³/mol. The summed E-state index contributed by atoms with van der Waals surface area (Å²) in [6, 6.07) is 20.8. The maximum Gasteiger partial charge on any atom is 0.338 e. The second-order valence-corrected chi connectivity index (χ2v) is 7.57. The lowest BCUT2D eigenvalue weighted by atomic mass is 10.2. The molecule has 3 aromatic rings. The second-order valence-electron chi connectivity index (χ2n) is 7.57. The summed E-state index contributed by atoms with van der Waals surface area (Å²) < 4.78 is 10.4. The topological polar surface area (TPSA) is 147 Å². The highest BCUT2D eigenvalue weighted by Gasteiger charge is 2.12. The molecule has 0 spiro atoms. The lowest BCUT2D eigenvalue weighted by molar-refractivity contribution is -0.119. The van der Waals surface area contributed by atoms with Gasteiger partial charge in [0.1, 0.15) is 12.2 Å². The number of benzene rings is 3. The summed E-state index contributed by atoms with van der Waals surface area (Å²) in [5.74, 6) is -1.34. The zero-order valence-corrected chi connectivity index (χ0v) is 19.9. The second kappa shape index (κ2) is 13.1. The Balaban J connectivity index is 1.45. The van der Waals surface area contributed by atoms with Crippen molar-refractivity contribution in [2.45, 2.75) is 13.3 Å². The van der Waals surface area contributed by atoms with Crippen molar-refractivity contribution in [2.75, 3.05) is 29.2 Å². The van der Waals surface area contributed by atoms with Gasteiger partial charge in [-0.3, -0.25) is 14.4 Å². The molecule has 37 heavy (non-hydrogen) atoms. The first-order valence-corrected chi connectivity index (χ1v) is 11.3. The number of nitriles is 1. The molecule has 0 aliphatic carbocycles. The number of esters is 1. The van der Waals surface area contributed by atoms with Crippen LogP contribution in [0.2, 0.25) is 0 Å². The molecule has 0 aromatic heterocycles. The van der Waals surface area contributed by atoms with Gasteiger partial charge in [-0.25, -0.2) is 4.79 Å². The van der Waals surface area contributed by atoms with E-state index in [1.807, 2.05) is 6.92 Å². The molecule has 3 aromatic carbocycles. The largest absolute Gasteiger partial charge is 0.494 e. The van der Waals surface area contributed by atoms with E-state index in [-0.39, 0.29) is 17.9 Å². The molecule has 0 fully saturated rings. The molecule has 0 aliphatic rings. The standard InChI is InChI=1S/C27H24N4O6/c1-2-36-23-13-11-22(12-14-23)31-26(34)18-3-7-21(8-4-18)30-25(33)17-37-27(35)19-5-9-20(10-6-19)29-24(32)15-16-28/h3-14H,2,15,17H2,1H3,(H,29,32)(H,30,33)(H,31,34). The zero-order valence-electron chi connectivity index (χ0n) is 19.9. The van der Waals surface area contributed by atoms with Crippen LogP contribution in [0.25, 0.3) is 0 Å². The smallest absolute Gasteiger partial charge is 0.338 e. The van der Waals surface area contributed by atoms with Gasteiger partial charge in [0.05, 0.1) is 18.2 Å². The molecule has 0 unspecified atom stereocenters. The fourth-order valence-corrected chi connectivity index (χ4v) is 3.09. The molecule has 0 saturated carbocycles. The van der Waals surface area contributed by atoms with Crippen LogP contribution in [0.15, 0.2) is 72.8 Å². The summed E-state index contributed by atoms with van der Waals surface area (Å²) in [7, 11) is 0. The zero-order chi connectivity index (χ0) is 26.6. The SMILES string of the molecule is CCOc1ccc(NC(=O)c2ccc(NC(=O)COC(=O)c3ccc(NC(=O)CC#N)cc3)cc2)cc1. The van der Waals surface area contributed by atoms with Crippen LogP contribution in [0.5, 0.6) is 5.75 Å². The first-order chi connectivity index (χ1) is 17.9. The van der Waals surface area contributed by atoms with E-state index in [4.69, 9.17) is 14.7 Å². The number of carbonyl (C=O) groups excluding carboxylic acids is 4. The molecule has 0 heterocycles. The highest BCUT2D eigenvalue weighted by Crippen LogP contribution is 2.17. The normalized spacial score (nSPS) is 9.95. The van der Waals surface area contributed by atoms with E-state index in [2.05, 4.69) is 16.0 Å². The molecule has 3 rings (SSSR count). The van der Waals surface area contributed by atoms with Crippen molar-refractivity contribution in [2.24, 2.45) is 0 Å². The maximum absolute atomic E-state index is 12.5. The molecule has 10 heteroatoms. The number of ether oxygens (including phenoxy) is 2. The van der Waals surface area contributed by atoms with Gasteiger partial charge in [-0.05, 0) is 79.7 Å². The highest BCUT2D eigenvalue weighted by molar-refractivity contribution is 6.04. The maximum atomic E-state index is 12.5. The van der Waals surface area contributed by atoms with Gasteiger partial charge in [-0.15, -0.1) is 0 Å². The van der Waals surface area contributed by atoms with Crippen molar-refractivity contribution in [1.82, 2.24) is 0 Å². The summed E-state index contributed by atoms with van der Waals surface area (Å²) in [5.41, 5.74) is 2.05. The number of amides is 3. The number of carbonyl (C=O) groups is 4. The molecule has 0 saturated heterocycles. The molecular weight excluding hydrogens is 476 g/mol. The summed E-state index contributed by atoms with van der Waals surface area (Å²) in [5, 5.41) is 16.4. The summed E-state index contributed by atoms with van der Waals surface area (Å²) in [4.78, 5) is 48.2. The quantitative estimate of drug-likeness (QED) is 0.357. The minimum absolute atomic E-state index is 0.189. The van der Waals surface area contributed by atoms with E-state index in [0.717, 1.165) is 0 Å². The molecule has 3 N–H and O–H groups in total. The van der Waals surface area contributed by atoms with Gasteiger partial charge in [0, 0.05) is 22.6 Å². The van der Waals surface area contributed by atoms with E-state index >= 15 is 0 Å². The van der Waals surface area contributed by atoms with Crippen molar-refractivity contribution in [3.05, 3.63) is 83.9 Å². The van der Waals surface area contributed by atoms with Crippen LogP contribution in [0.4, 0.5) is 17.1 Å². The third-order valence-electron chi connectivity index (χ3n) is 4.83. The highest BCUT2D eigenvalue weighted by atomic mass is 16.5. The Morgan fingerprint density at radius 2 is 1.24 bits per heavy atom. The number of anilines is 3. The van der Waals surface area contributed by atoms with Crippen molar-refractivity contribution in [3.63, 3.8) is 0 Å². The van der Waals surface area contributed by atoms with Crippen LogP contribution in [0, 0.1) is 11.3 Å². The van der Waals surface area contributed by atoms with Gasteiger partial charge in [0.25, 0.3) is 11.8 Å². The summed E-state index contributed by atoms with van der Waals surface area (Å²) in [6.45, 7) is 1.93. The first-order valence-electron chi connectivity index (χ1n) is 11.3. The predicted octanol–water partition coefficient (Wildman–Crippen LogP) is 3.99. The Labute approximate surface area is 213 Å². The van der Waals surface area contributed by atoms with Gasteiger partial charge in [0.2, 0.25) is 5.91 Å². The van der Waals surface area contributed by atoms with Crippen molar-refractivity contribution < 1.29 is 28.7 Å². The lowest BCUT2D eigenvalue weighted by Gasteiger charge is -2.09. The first kappa shape index (κ1) is 26.4. The number of rotatable bonds is 10. The Morgan fingerprint density at radius 1 is 0.730 bits per heavy atom. The van der Waals surface area contributed by atoms with Crippen LogP contribution in [-0.4, -0.2) is 36.9 Å². The van der Waals surface area contributed by atoms with Crippen molar-refractivity contribution in [3.8, 4) is 11.8 Å². The summed E-state index contributed by atoms with van der Waals surface area (Å²) >= 11 is 0. The van der Waals surface area contributed by atoms with Gasteiger partial charge >= 0.3 is 5.97 Å². The Kier molecular flexibility index (Phi) is 9.33. The van der Waals surface area contributed by atoms with Gasteiger partial charge in [-0.1, -0.05) is 0 Å². The summed E-state index contributed by atoms with van der Waals surface area (Å²) in [6.07, 6.45) is -0.279. The van der Waals surface area contributed by atoms with Crippen LogP contribution in [-0.2, 0) is 14.3 Å². The average Bonchev–Trinajstić information content (AvgIpc) is 2.89. The Hall–Kier alpha value is -5.17. The number of nitrogens with one attached hydrogen (secondary N) is 3. The number of hydrogen-bond donors (Lipinski definition) is 3. The molecule has 0 bridgehead atoms. The third kappa shape index (κ3) is 8.22. The number of nitrogens with zero attached hydrogens (tertiary/aromatic N) is 1. The molecule has 0 atom stereocenters. The van der Waals surface area contributed by atoms with E-state index in [0.29, 0.717) is 35.0 Å². The van der Waals surface area contributed by atoms with Crippen molar-refractivity contribution in [1.29, 1.82) is 5.26 Å². The minimum atomic E-state index is -0.716. The molecule has 0 aliphatic heterocycles. The fraction of sp³-hybridized carbons (Fsp3) is 0.148. The van der Waals surface area contributed by atoms with E-state index in [1.54, 1.807) is 54.6 Å². The fourth-order valence-electron chi connectivity index (χ4n) is 3.09. The number of hydrogen-bond acceptors (Lipinski definition) is 7. The average molecular weight is 501 g/mol. The van der Waals surface area contributed by atoms with Crippen LogP contribution in [0.3, 0.4) is 0 Å². The molecule has 0 radical (unpaired) electrons. The molecule has 10 nitrogen and oxygen atoms in total. The molecule has 3 amide bonds. The van der Waals surface area contributed by atoms with Crippen molar-refractivity contribution >= 4 is 40.8 Å². The Bertz CT molecular complexity index is 1300. The van der Waals surface area contributed by atoms with Crippen LogP contribution < -0.4 is 20.7 Å². The van der Waals surface area contributed by atoms with Crippen LogP contribution in [0.1, 0.15) is 34.1 Å². The molecule has 188 valence electrons. The van der Waals surface area contributed by atoms with Gasteiger partial charge < -0.3 is 25.4 Å².